The molecule has 2 heterocycles. The van der Waals surface area contributed by atoms with E-state index in [1.807, 2.05) is 36.1 Å². The van der Waals surface area contributed by atoms with Crippen molar-refractivity contribution in [2.24, 2.45) is 7.05 Å². The van der Waals surface area contributed by atoms with Crippen LogP contribution >= 0.6 is 11.6 Å². The van der Waals surface area contributed by atoms with E-state index in [1.165, 1.54) is 0 Å². The molecule has 1 aromatic heterocycles. The normalized spacial score (nSPS) is 12.9. The van der Waals surface area contributed by atoms with Crippen LogP contribution in [-0.4, -0.2) is 23.1 Å². The number of ether oxygens (including phenoxy) is 2. The molecular formula is C14H16ClN3O2. The van der Waals surface area contributed by atoms with Crippen molar-refractivity contribution in [3.63, 3.8) is 0 Å². The van der Waals surface area contributed by atoms with E-state index in [1.54, 1.807) is 0 Å². The molecule has 6 heteroatoms. The third kappa shape index (κ3) is 2.89. The Hall–Kier alpha value is -1.72. The molecule has 0 saturated heterocycles. The molecule has 1 aromatic carbocycles. The molecule has 20 heavy (non-hydrogen) atoms. The van der Waals surface area contributed by atoms with Crippen LogP contribution in [0.2, 0.25) is 5.02 Å². The number of halogens is 1. The van der Waals surface area contributed by atoms with Crippen LogP contribution in [0.3, 0.4) is 0 Å². The lowest BCUT2D eigenvalue weighted by Crippen LogP contribution is -2.17. The molecule has 0 unspecified atom stereocenters. The van der Waals surface area contributed by atoms with Gasteiger partial charge in [-0.05, 0) is 23.8 Å². The third-order valence-corrected chi connectivity index (χ3v) is 3.42. The van der Waals surface area contributed by atoms with Crippen LogP contribution in [0.5, 0.6) is 11.5 Å². The van der Waals surface area contributed by atoms with Crippen LogP contribution in [0.15, 0.2) is 24.4 Å². The van der Waals surface area contributed by atoms with Crippen molar-refractivity contribution in [1.82, 2.24) is 15.1 Å². The Kier molecular flexibility index (Phi) is 3.80. The number of fused-ring (bicyclic) bond motifs is 1. The highest BCUT2D eigenvalue weighted by Crippen LogP contribution is 2.39. The van der Waals surface area contributed by atoms with E-state index in [-0.39, 0.29) is 6.79 Å². The molecule has 3 rings (SSSR count). The van der Waals surface area contributed by atoms with E-state index in [0.29, 0.717) is 10.8 Å². The maximum atomic E-state index is 6.14. The topological polar surface area (TPSA) is 48.3 Å². The van der Waals surface area contributed by atoms with E-state index >= 15 is 0 Å². The van der Waals surface area contributed by atoms with Crippen molar-refractivity contribution in [2.45, 2.75) is 13.0 Å². The van der Waals surface area contributed by atoms with Crippen molar-refractivity contribution in [1.29, 1.82) is 0 Å². The zero-order valence-electron chi connectivity index (χ0n) is 11.2. The monoisotopic (exact) mass is 293 g/mol. The van der Waals surface area contributed by atoms with Crippen LogP contribution in [-0.2, 0) is 20.0 Å². The van der Waals surface area contributed by atoms with Gasteiger partial charge in [-0.2, -0.15) is 5.10 Å². The van der Waals surface area contributed by atoms with Gasteiger partial charge in [-0.25, -0.2) is 0 Å². The van der Waals surface area contributed by atoms with Crippen molar-refractivity contribution >= 4 is 11.6 Å². The third-order valence-electron chi connectivity index (χ3n) is 3.14. The van der Waals surface area contributed by atoms with Crippen LogP contribution in [0.4, 0.5) is 0 Å². The van der Waals surface area contributed by atoms with Gasteiger partial charge in [0.1, 0.15) is 0 Å². The highest BCUT2D eigenvalue weighted by molar-refractivity contribution is 6.32. The zero-order chi connectivity index (χ0) is 13.9. The van der Waals surface area contributed by atoms with Crippen LogP contribution in [0.25, 0.3) is 0 Å². The molecule has 1 N–H and O–H groups in total. The van der Waals surface area contributed by atoms with Crippen LogP contribution in [0, 0.1) is 0 Å². The molecule has 0 bridgehead atoms. The van der Waals surface area contributed by atoms with Crippen molar-refractivity contribution < 1.29 is 9.47 Å². The van der Waals surface area contributed by atoms with Crippen molar-refractivity contribution in [3.05, 3.63) is 40.7 Å². The molecule has 1 aliphatic heterocycles. The fourth-order valence-corrected chi connectivity index (χ4v) is 2.46. The fraction of sp³-hybridized carbons (Fsp3) is 0.357. The number of nitrogens with one attached hydrogen (secondary N) is 1. The number of hydrogen-bond donors (Lipinski definition) is 1. The lowest BCUT2D eigenvalue weighted by atomic mass is 10.2. The molecule has 2 aromatic rings. The number of benzene rings is 1. The number of aromatic nitrogens is 2. The van der Waals surface area contributed by atoms with Crippen molar-refractivity contribution in [3.8, 4) is 11.5 Å². The van der Waals surface area contributed by atoms with Gasteiger partial charge in [-0.1, -0.05) is 11.6 Å². The Bertz CT molecular complexity index is 612. The van der Waals surface area contributed by atoms with Gasteiger partial charge in [-0.3, -0.25) is 4.68 Å². The average Bonchev–Trinajstić information content (AvgIpc) is 3.04. The van der Waals surface area contributed by atoms with E-state index in [2.05, 4.69) is 10.4 Å². The standard InChI is InChI=1S/C14H16ClN3O2/c1-18-5-3-11(17-18)2-4-16-8-10-6-12(15)14-13(7-10)19-9-20-14/h3,5-7,16H,2,4,8-9H2,1H3. The lowest BCUT2D eigenvalue weighted by molar-refractivity contribution is 0.174. The maximum absolute atomic E-state index is 6.14. The molecule has 0 fully saturated rings. The minimum Gasteiger partial charge on any atom is -0.454 e. The molecule has 5 nitrogen and oxygen atoms in total. The molecule has 0 aliphatic carbocycles. The van der Waals surface area contributed by atoms with Crippen LogP contribution < -0.4 is 14.8 Å². The Morgan fingerprint density at radius 1 is 1.40 bits per heavy atom. The Morgan fingerprint density at radius 2 is 2.30 bits per heavy atom. The van der Waals surface area contributed by atoms with Crippen LogP contribution in [0.1, 0.15) is 11.3 Å². The van der Waals surface area contributed by atoms with Gasteiger partial charge in [0.25, 0.3) is 0 Å². The van der Waals surface area contributed by atoms with E-state index in [0.717, 1.165) is 36.5 Å². The minimum atomic E-state index is 0.242. The summed E-state index contributed by atoms with van der Waals surface area (Å²) in [6.07, 6.45) is 2.85. The van der Waals surface area contributed by atoms with E-state index in [9.17, 15) is 0 Å². The summed E-state index contributed by atoms with van der Waals surface area (Å²) in [6, 6.07) is 5.89. The highest BCUT2D eigenvalue weighted by Gasteiger charge is 2.17. The SMILES string of the molecule is Cn1ccc(CCNCc2cc(Cl)c3c(c2)OCO3)n1. The quantitative estimate of drug-likeness (QED) is 0.858. The molecule has 0 atom stereocenters. The number of aryl methyl sites for hydroxylation is 1. The van der Waals surface area contributed by atoms with Gasteiger partial charge in [-0.15, -0.1) is 0 Å². The molecule has 1 aliphatic rings. The number of rotatable bonds is 5. The summed E-state index contributed by atoms with van der Waals surface area (Å²) in [5.74, 6) is 1.36. The van der Waals surface area contributed by atoms with Gasteiger partial charge in [0, 0.05) is 32.8 Å². The van der Waals surface area contributed by atoms with E-state index < -0.39 is 0 Å². The number of hydrogen-bond acceptors (Lipinski definition) is 4. The predicted octanol–water partition coefficient (Wildman–Crippen LogP) is 2.13. The van der Waals surface area contributed by atoms with Gasteiger partial charge in [0.15, 0.2) is 11.5 Å². The first-order chi connectivity index (χ1) is 9.72. The summed E-state index contributed by atoms with van der Waals surface area (Å²) in [7, 11) is 1.92. The summed E-state index contributed by atoms with van der Waals surface area (Å²) in [5.41, 5.74) is 2.17. The second-order valence-corrected chi connectivity index (χ2v) is 5.13. The summed E-state index contributed by atoms with van der Waals surface area (Å²) >= 11 is 6.14. The Labute approximate surface area is 122 Å². The molecule has 0 spiro atoms. The molecule has 0 amide bonds. The molecule has 0 saturated carbocycles. The summed E-state index contributed by atoms with van der Waals surface area (Å²) < 4.78 is 12.4. The first-order valence-corrected chi connectivity index (χ1v) is 6.87. The minimum absolute atomic E-state index is 0.242. The Balaban J connectivity index is 1.52. The zero-order valence-corrected chi connectivity index (χ0v) is 12.0. The first-order valence-electron chi connectivity index (χ1n) is 6.49. The highest BCUT2D eigenvalue weighted by atomic mass is 35.5. The summed E-state index contributed by atoms with van der Waals surface area (Å²) in [4.78, 5) is 0. The average molecular weight is 294 g/mol. The smallest absolute Gasteiger partial charge is 0.231 e. The second-order valence-electron chi connectivity index (χ2n) is 4.72. The maximum Gasteiger partial charge on any atom is 0.231 e. The second kappa shape index (κ2) is 5.73. The van der Waals surface area contributed by atoms with E-state index in [4.69, 9.17) is 21.1 Å². The first kappa shape index (κ1) is 13.3. The largest absolute Gasteiger partial charge is 0.454 e. The fourth-order valence-electron chi connectivity index (χ4n) is 2.17. The molecular weight excluding hydrogens is 278 g/mol. The summed E-state index contributed by atoms with van der Waals surface area (Å²) in [5, 5.41) is 8.31. The van der Waals surface area contributed by atoms with Gasteiger partial charge >= 0.3 is 0 Å². The number of nitrogens with zero attached hydrogens (tertiary/aromatic N) is 2. The summed E-state index contributed by atoms with van der Waals surface area (Å²) in [6.45, 7) is 1.85. The van der Waals surface area contributed by atoms with Gasteiger partial charge in [0.2, 0.25) is 6.79 Å². The molecule has 0 radical (unpaired) electrons. The Morgan fingerprint density at radius 3 is 3.10 bits per heavy atom. The van der Waals surface area contributed by atoms with Gasteiger partial charge in [0.05, 0.1) is 10.7 Å². The molecule has 106 valence electrons. The van der Waals surface area contributed by atoms with Crippen molar-refractivity contribution in [2.75, 3.05) is 13.3 Å². The predicted molar refractivity (Wildman–Crippen MR) is 76.2 cm³/mol. The lowest BCUT2D eigenvalue weighted by Gasteiger charge is -2.06. The van der Waals surface area contributed by atoms with Gasteiger partial charge < -0.3 is 14.8 Å².